The number of nitrogens with zero attached hydrogens (tertiary/aromatic N) is 4. The summed E-state index contributed by atoms with van der Waals surface area (Å²) >= 11 is 1.34. The van der Waals surface area contributed by atoms with E-state index in [1.54, 1.807) is 4.68 Å². The molecule has 0 saturated carbocycles. The van der Waals surface area contributed by atoms with Gasteiger partial charge in [0.05, 0.1) is 11.3 Å². The Hall–Kier alpha value is -1.89. The first kappa shape index (κ1) is 17.5. The van der Waals surface area contributed by atoms with Gasteiger partial charge in [0.2, 0.25) is 11.1 Å². The van der Waals surface area contributed by atoms with E-state index >= 15 is 0 Å². The third-order valence-electron chi connectivity index (χ3n) is 3.35. The lowest BCUT2D eigenvalue weighted by Crippen LogP contribution is -2.24. The largest absolute Gasteiger partial charge is 0.325 e. The zero-order valence-corrected chi connectivity index (χ0v) is 15.3. The molecule has 0 aliphatic heterocycles. The van der Waals surface area contributed by atoms with E-state index in [-0.39, 0.29) is 17.2 Å². The Morgan fingerprint density at radius 1 is 1.22 bits per heavy atom. The fourth-order valence-corrected chi connectivity index (χ4v) is 3.23. The van der Waals surface area contributed by atoms with E-state index in [2.05, 4.69) is 33.0 Å². The number of benzene rings is 1. The molecule has 6 nitrogen and oxygen atoms in total. The minimum atomic E-state index is -0.216. The first-order valence-corrected chi connectivity index (χ1v) is 8.46. The smallest absolute Gasteiger partial charge is 0.234 e. The van der Waals surface area contributed by atoms with E-state index in [1.807, 2.05) is 41.5 Å². The minimum Gasteiger partial charge on any atom is -0.325 e. The van der Waals surface area contributed by atoms with Gasteiger partial charge in [-0.2, -0.15) is 0 Å². The quantitative estimate of drug-likeness (QED) is 0.871. The van der Waals surface area contributed by atoms with Crippen LogP contribution in [0.15, 0.2) is 17.3 Å². The van der Waals surface area contributed by atoms with Gasteiger partial charge in [-0.05, 0) is 63.1 Å². The Bertz CT molecular complexity index is 694. The molecule has 1 N–H and O–H groups in total. The molecule has 0 aliphatic rings. The van der Waals surface area contributed by atoms with Crippen molar-refractivity contribution in [1.29, 1.82) is 0 Å². The standard InChI is InChI=1S/C16H23N5OS/c1-10-7-11(2)14(12(3)8-10)17-13(22)9-23-15-18-19-20-21(15)16(4,5)6/h7-8H,9H2,1-6H3,(H,17,22). The number of thioether (sulfide) groups is 1. The molecule has 0 spiro atoms. The maximum absolute atomic E-state index is 12.2. The average Bonchev–Trinajstić information content (AvgIpc) is 2.89. The highest BCUT2D eigenvalue weighted by Crippen LogP contribution is 2.24. The summed E-state index contributed by atoms with van der Waals surface area (Å²) in [5, 5.41) is 15.3. The first-order valence-electron chi connectivity index (χ1n) is 7.48. The average molecular weight is 333 g/mol. The Balaban J connectivity index is 2.03. The van der Waals surface area contributed by atoms with Crippen molar-refractivity contribution in [3.8, 4) is 0 Å². The maximum Gasteiger partial charge on any atom is 0.234 e. The van der Waals surface area contributed by atoms with E-state index in [4.69, 9.17) is 0 Å². The summed E-state index contributed by atoms with van der Waals surface area (Å²) in [7, 11) is 0. The van der Waals surface area contributed by atoms with Crippen molar-refractivity contribution in [2.75, 3.05) is 11.1 Å². The number of rotatable bonds is 4. The Morgan fingerprint density at radius 2 is 1.83 bits per heavy atom. The molecule has 7 heteroatoms. The van der Waals surface area contributed by atoms with Crippen molar-refractivity contribution in [3.05, 3.63) is 28.8 Å². The molecule has 1 amide bonds. The van der Waals surface area contributed by atoms with Gasteiger partial charge < -0.3 is 5.32 Å². The molecule has 1 heterocycles. The topological polar surface area (TPSA) is 72.7 Å². The van der Waals surface area contributed by atoms with Crippen LogP contribution in [0.3, 0.4) is 0 Å². The molecule has 0 aliphatic carbocycles. The van der Waals surface area contributed by atoms with E-state index in [0.29, 0.717) is 5.16 Å². The molecule has 0 unspecified atom stereocenters. The second-order valence-corrected chi connectivity index (χ2v) is 7.60. The van der Waals surface area contributed by atoms with Crippen molar-refractivity contribution < 1.29 is 4.79 Å². The predicted octanol–water partition coefficient (Wildman–Crippen LogP) is 3.08. The number of amides is 1. The molecule has 0 fully saturated rings. The fourth-order valence-electron chi connectivity index (χ4n) is 2.37. The lowest BCUT2D eigenvalue weighted by Gasteiger charge is -2.19. The normalized spacial score (nSPS) is 11.6. The Morgan fingerprint density at radius 3 is 2.39 bits per heavy atom. The predicted molar refractivity (Wildman–Crippen MR) is 92.8 cm³/mol. The lowest BCUT2D eigenvalue weighted by atomic mass is 10.1. The molecule has 0 saturated heterocycles. The van der Waals surface area contributed by atoms with Gasteiger partial charge in [0.15, 0.2) is 0 Å². The van der Waals surface area contributed by atoms with Crippen molar-refractivity contribution >= 4 is 23.4 Å². The number of hydrogen-bond acceptors (Lipinski definition) is 5. The SMILES string of the molecule is Cc1cc(C)c(NC(=O)CSc2nnnn2C(C)(C)C)c(C)c1. The highest BCUT2D eigenvalue weighted by atomic mass is 32.2. The highest BCUT2D eigenvalue weighted by molar-refractivity contribution is 7.99. The summed E-state index contributed by atoms with van der Waals surface area (Å²) < 4.78 is 1.73. The molecule has 124 valence electrons. The molecule has 0 bridgehead atoms. The summed E-state index contributed by atoms with van der Waals surface area (Å²) in [4.78, 5) is 12.2. The molecule has 1 aromatic heterocycles. The molecule has 2 aromatic rings. The van der Waals surface area contributed by atoms with Crippen LogP contribution in [0.25, 0.3) is 0 Å². The molecule has 2 rings (SSSR count). The molecule has 0 atom stereocenters. The van der Waals surface area contributed by atoms with E-state index in [0.717, 1.165) is 16.8 Å². The molecular formula is C16H23N5OS. The van der Waals surface area contributed by atoms with Gasteiger partial charge in [-0.15, -0.1) is 5.10 Å². The first-order chi connectivity index (χ1) is 10.7. The summed E-state index contributed by atoms with van der Waals surface area (Å²) in [6.07, 6.45) is 0. The third kappa shape index (κ3) is 4.31. The summed E-state index contributed by atoms with van der Waals surface area (Å²) in [5.41, 5.74) is 4.00. The van der Waals surface area contributed by atoms with Gasteiger partial charge in [0.25, 0.3) is 0 Å². The van der Waals surface area contributed by atoms with Gasteiger partial charge in [-0.3, -0.25) is 4.79 Å². The van der Waals surface area contributed by atoms with Crippen molar-refractivity contribution in [3.63, 3.8) is 0 Å². The number of aryl methyl sites for hydroxylation is 3. The number of tetrazole rings is 1. The van der Waals surface area contributed by atoms with Crippen molar-refractivity contribution in [1.82, 2.24) is 20.2 Å². The zero-order valence-electron chi connectivity index (χ0n) is 14.5. The molecule has 0 radical (unpaired) electrons. The van der Waals surface area contributed by atoms with Gasteiger partial charge in [0, 0.05) is 5.69 Å². The van der Waals surface area contributed by atoms with Crippen molar-refractivity contribution in [2.45, 2.75) is 52.2 Å². The van der Waals surface area contributed by atoms with Crippen LogP contribution in [0, 0.1) is 20.8 Å². The van der Waals surface area contributed by atoms with Gasteiger partial charge in [0.1, 0.15) is 0 Å². The summed E-state index contributed by atoms with van der Waals surface area (Å²) in [6, 6.07) is 4.13. The molecule has 23 heavy (non-hydrogen) atoms. The maximum atomic E-state index is 12.2. The number of anilines is 1. The number of aromatic nitrogens is 4. The summed E-state index contributed by atoms with van der Waals surface area (Å²) in [6.45, 7) is 12.1. The number of carbonyl (C=O) groups is 1. The van der Waals surface area contributed by atoms with Crippen LogP contribution >= 0.6 is 11.8 Å². The Kier molecular flexibility index (Phi) is 5.09. The van der Waals surface area contributed by atoms with E-state index in [1.165, 1.54) is 17.3 Å². The van der Waals surface area contributed by atoms with Crippen LogP contribution in [0.5, 0.6) is 0 Å². The van der Waals surface area contributed by atoms with E-state index < -0.39 is 0 Å². The Labute approximate surface area is 141 Å². The van der Waals surface area contributed by atoms with Crippen LogP contribution in [-0.2, 0) is 10.3 Å². The monoisotopic (exact) mass is 333 g/mol. The molecule has 1 aromatic carbocycles. The highest BCUT2D eigenvalue weighted by Gasteiger charge is 2.20. The second-order valence-electron chi connectivity index (χ2n) is 6.65. The number of hydrogen-bond donors (Lipinski definition) is 1. The lowest BCUT2D eigenvalue weighted by molar-refractivity contribution is -0.113. The van der Waals surface area contributed by atoms with Gasteiger partial charge in [-0.25, -0.2) is 4.68 Å². The van der Waals surface area contributed by atoms with Gasteiger partial charge >= 0.3 is 0 Å². The number of nitrogens with one attached hydrogen (secondary N) is 1. The van der Waals surface area contributed by atoms with Crippen LogP contribution in [0.1, 0.15) is 37.5 Å². The van der Waals surface area contributed by atoms with Crippen LogP contribution in [-0.4, -0.2) is 31.9 Å². The number of carbonyl (C=O) groups excluding carboxylic acids is 1. The second kappa shape index (κ2) is 6.70. The van der Waals surface area contributed by atoms with Crippen LogP contribution in [0.4, 0.5) is 5.69 Å². The summed E-state index contributed by atoms with van der Waals surface area (Å²) in [5.74, 6) is 0.206. The third-order valence-corrected chi connectivity index (χ3v) is 4.27. The minimum absolute atomic E-state index is 0.0616. The van der Waals surface area contributed by atoms with Crippen molar-refractivity contribution in [2.24, 2.45) is 0 Å². The molecular weight excluding hydrogens is 310 g/mol. The fraction of sp³-hybridized carbons (Fsp3) is 0.500. The van der Waals surface area contributed by atoms with Crippen LogP contribution in [0.2, 0.25) is 0 Å². The van der Waals surface area contributed by atoms with E-state index in [9.17, 15) is 4.79 Å². The van der Waals surface area contributed by atoms with Gasteiger partial charge in [-0.1, -0.05) is 29.5 Å². The zero-order chi connectivity index (χ0) is 17.2. The van der Waals surface area contributed by atoms with Crippen LogP contribution < -0.4 is 5.32 Å².